The van der Waals surface area contributed by atoms with Crippen molar-refractivity contribution in [3.8, 4) is 5.75 Å². The average molecular weight is 264 g/mol. The topological polar surface area (TPSA) is 58.7 Å². The van der Waals surface area contributed by atoms with Gasteiger partial charge in [0, 0.05) is 13.6 Å². The fraction of sp³-hybridized carbons (Fsp3) is 0.600. The second-order valence-corrected chi connectivity index (χ2v) is 5.73. The van der Waals surface area contributed by atoms with E-state index in [9.17, 15) is 5.11 Å². The molecule has 1 aliphatic rings. The lowest BCUT2D eigenvalue weighted by molar-refractivity contribution is 0.0465. The Balaban J connectivity index is 2.06. The summed E-state index contributed by atoms with van der Waals surface area (Å²) < 4.78 is 5.71. The zero-order valence-corrected chi connectivity index (χ0v) is 12.0. The maximum Gasteiger partial charge on any atom is 0.144 e. The van der Waals surface area contributed by atoms with Crippen molar-refractivity contribution in [3.63, 3.8) is 0 Å². The van der Waals surface area contributed by atoms with Gasteiger partial charge in [0.25, 0.3) is 0 Å². The third-order valence-corrected chi connectivity index (χ3v) is 3.56. The maximum absolute atomic E-state index is 9.34. The number of aliphatic hydroxyl groups is 1. The third-order valence-electron chi connectivity index (χ3n) is 3.56. The number of ether oxygens (including phenoxy) is 1. The molecule has 106 valence electrons. The van der Waals surface area contributed by atoms with Gasteiger partial charge in [0.2, 0.25) is 0 Å². The number of aliphatic hydroxyl groups excluding tert-OH is 1. The molecule has 0 unspecified atom stereocenters. The first-order valence-electron chi connectivity index (χ1n) is 6.91. The van der Waals surface area contributed by atoms with Crippen molar-refractivity contribution in [2.24, 2.45) is 5.92 Å². The van der Waals surface area contributed by atoms with Gasteiger partial charge in [-0.15, -0.1) is 0 Å². The molecule has 4 heteroatoms. The highest BCUT2D eigenvalue weighted by Crippen LogP contribution is 2.35. The standard InChI is InChI=1S/C15H24N2O2/c1-10(2)19-14-6-4-5-13(15(14)16)17(3)9-11-7-12(18)8-11/h4-6,10-12,18H,7-9,16H2,1-3H3. The first kappa shape index (κ1) is 14.0. The van der Waals surface area contributed by atoms with Crippen LogP contribution < -0.4 is 15.4 Å². The van der Waals surface area contributed by atoms with Gasteiger partial charge in [-0.3, -0.25) is 0 Å². The summed E-state index contributed by atoms with van der Waals surface area (Å²) in [7, 11) is 2.04. The lowest BCUT2D eigenvalue weighted by Gasteiger charge is -2.35. The van der Waals surface area contributed by atoms with Gasteiger partial charge in [-0.1, -0.05) is 6.07 Å². The van der Waals surface area contributed by atoms with Crippen LogP contribution in [0.4, 0.5) is 11.4 Å². The highest BCUT2D eigenvalue weighted by atomic mass is 16.5. The maximum atomic E-state index is 9.34. The van der Waals surface area contributed by atoms with Crippen molar-refractivity contribution in [3.05, 3.63) is 18.2 Å². The molecule has 0 atom stereocenters. The van der Waals surface area contributed by atoms with Crippen molar-refractivity contribution in [2.75, 3.05) is 24.2 Å². The van der Waals surface area contributed by atoms with E-state index in [1.165, 1.54) is 0 Å². The Kier molecular flexibility index (Phi) is 4.20. The molecule has 0 saturated heterocycles. The molecular formula is C15H24N2O2. The van der Waals surface area contributed by atoms with Gasteiger partial charge >= 0.3 is 0 Å². The molecule has 0 spiro atoms. The van der Waals surface area contributed by atoms with E-state index in [4.69, 9.17) is 10.5 Å². The Labute approximate surface area is 115 Å². The second-order valence-electron chi connectivity index (χ2n) is 5.73. The molecule has 0 bridgehead atoms. The molecule has 0 aliphatic heterocycles. The number of rotatable bonds is 5. The molecule has 0 amide bonds. The van der Waals surface area contributed by atoms with E-state index >= 15 is 0 Å². The number of hydrogen-bond donors (Lipinski definition) is 2. The number of nitrogens with two attached hydrogens (primary N) is 1. The summed E-state index contributed by atoms with van der Waals surface area (Å²) in [6, 6.07) is 5.88. The van der Waals surface area contributed by atoms with Gasteiger partial charge in [-0.25, -0.2) is 0 Å². The number of para-hydroxylation sites is 1. The van der Waals surface area contributed by atoms with Crippen LogP contribution in [0.3, 0.4) is 0 Å². The van der Waals surface area contributed by atoms with E-state index in [0.29, 0.717) is 11.6 Å². The van der Waals surface area contributed by atoms with E-state index in [1.54, 1.807) is 0 Å². The first-order chi connectivity index (χ1) is 8.97. The van der Waals surface area contributed by atoms with Crippen molar-refractivity contribution >= 4 is 11.4 Å². The molecule has 1 aromatic rings. The summed E-state index contributed by atoms with van der Waals surface area (Å²) in [5.74, 6) is 1.31. The minimum atomic E-state index is -0.105. The summed E-state index contributed by atoms with van der Waals surface area (Å²) in [4.78, 5) is 2.15. The van der Waals surface area contributed by atoms with Crippen molar-refractivity contribution in [2.45, 2.75) is 38.9 Å². The van der Waals surface area contributed by atoms with Gasteiger partial charge in [-0.05, 0) is 44.7 Å². The molecule has 0 radical (unpaired) electrons. The first-order valence-corrected chi connectivity index (χ1v) is 6.91. The van der Waals surface area contributed by atoms with E-state index in [-0.39, 0.29) is 12.2 Å². The summed E-state index contributed by atoms with van der Waals surface area (Å²) in [6.07, 6.45) is 1.80. The van der Waals surface area contributed by atoms with E-state index in [1.807, 2.05) is 39.1 Å². The fourth-order valence-corrected chi connectivity index (χ4v) is 2.56. The van der Waals surface area contributed by atoms with Gasteiger partial charge in [0.1, 0.15) is 5.75 Å². The third kappa shape index (κ3) is 3.32. The number of benzene rings is 1. The molecule has 0 aromatic heterocycles. The average Bonchev–Trinajstić information content (AvgIpc) is 2.29. The molecule has 19 heavy (non-hydrogen) atoms. The summed E-state index contributed by atoms with van der Waals surface area (Å²) >= 11 is 0. The van der Waals surface area contributed by atoms with Gasteiger partial charge in [0.05, 0.1) is 23.6 Å². The van der Waals surface area contributed by atoms with Gasteiger partial charge in [0.15, 0.2) is 0 Å². The summed E-state index contributed by atoms with van der Waals surface area (Å²) in [5, 5.41) is 9.34. The fourth-order valence-electron chi connectivity index (χ4n) is 2.56. The van der Waals surface area contributed by atoms with Crippen LogP contribution in [-0.2, 0) is 0 Å². The van der Waals surface area contributed by atoms with Crippen LogP contribution in [0.25, 0.3) is 0 Å². The highest BCUT2D eigenvalue weighted by molar-refractivity contribution is 5.73. The van der Waals surface area contributed by atoms with Crippen LogP contribution in [0.2, 0.25) is 0 Å². The lowest BCUT2D eigenvalue weighted by atomic mass is 9.82. The Morgan fingerprint density at radius 2 is 2.11 bits per heavy atom. The zero-order chi connectivity index (χ0) is 14.0. The van der Waals surface area contributed by atoms with Crippen molar-refractivity contribution < 1.29 is 9.84 Å². The zero-order valence-electron chi connectivity index (χ0n) is 12.0. The molecular weight excluding hydrogens is 240 g/mol. The molecule has 1 saturated carbocycles. The molecule has 3 N–H and O–H groups in total. The van der Waals surface area contributed by atoms with Gasteiger partial charge < -0.3 is 20.5 Å². The van der Waals surface area contributed by atoms with E-state index < -0.39 is 0 Å². The Morgan fingerprint density at radius 1 is 1.42 bits per heavy atom. The van der Waals surface area contributed by atoms with E-state index in [2.05, 4.69) is 4.90 Å². The van der Waals surface area contributed by atoms with Gasteiger partial charge in [-0.2, -0.15) is 0 Å². The second kappa shape index (κ2) is 5.70. The largest absolute Gasteiger partial charge is 0.489 e. The smallest absolute Gasteiger partial charge is 0.144 e. The number of hydrogen-bond acceptors (Lipinski definition) is 4. The number of anilines is 2. The van der Waals surface area contributed by atoms with Crippen LogP contribution >= 0.6 is 0 Å². The van der Waals surface area contributed by atoms with Crippen LogP contribution in [0, 0.1) is 5.92 Å². The van der Waals surface area contributed by atoms with Crippen LogP contribution in [-0.4, -0.2) is 30.9 Å². The van der Waals surface area contributed by atoms with Crippen LogP contribution in [0.1, 0.15) is 26.7 Å². The summed E-state index contributed by atoms with van der Waals surface area (Å²) in [5.41, 5.74) is 7.87. The Bertz CT molecular complexity index is 428. The monoisotopic (exact) mass is 264 g/mol. The van der Waals surface area contributed by atoms with Crippen LogP contribution in [0.15, 0.2) is 18.2 Å². The molecule has 2 rings (SSSR count). The predicted octanol–water partition coefficient (Wildman–Crippen LogP) is 2.26. The molecule has 1 fully saturated rings. The Morgan fingerprint density at radius 3 is 2.68 bits per heavy atom. The quantitative estimate of drug-likeness (QED) is 0.801. The lowest BCUT2D eigenvalue weighted by Crippen LogP contribution is -2.37. The summed E-state index contributed by atoms with van der Waals surface area (Å²) in [6.45, 7) is 4.91. The normalized spacial score (nSPS) is 22.2. The van der Waals surface area contributed by atoms with Crippen molar-refractivity contribution in [1.82, 2.24) is 0 Å². The van der Waals surface area contributed by atoms with Crippen molar-refractivity contribution in [1.29, 1.82) is 0 Å². The van der Waals surface area contributed by atoms with Crippen LogP contribution in [0.5, 0.6) is 5.75 Å². The molecule has 0 heterocycles. The molecule has 1 aliphatic carbocycles. The molecule has 4 nitrogen and oxygen atoms in total. The minimum Gasteiger partial charge on any atom is -0.489 e. The molecule has 1 aromatic carbocycles. The highest BCUT2D eigenvalue weighted by Gasteiger charge is 2.28. The van der Waals surface area contributed by atoms with E-state index in [0.717, 1.165) is 30.8 Å². The number of nitrogens with zero attached hydrogens (tertiary/aromatic N) is 1. The predicted molar refractivity (Wildman–Crippen MR) is 78.6 cm³/mol. The Hall–Kier alpha value is -1.42. The number of nitrogen functional groups attached to an aromatic ring is 1. The SMILES string of the molecule is CC(C)Oc1cccc(N(C)CC2CC(O)C2)c1N. The minimum absolute atomic E-state index is 0.105.